The van der Waals surface area contributed by atoms with E-state index in [4.69, 9.17) is 5.73 Å². The molecule has 1 aromatic heterocycles. The number of fused-ring (bicyclic) bond motifs is 1. The standard InChI is InChI=1S/C13H13F4N3/c1-7(6-13(15,16)17)20-12-9(14)5-10(18)8-3-2-4-19-11(8)12/h2-5,7,20H,6,18H2,1H3. The van der Waals surface area contributed by atoms with E-state index in [0.717, 1.165) is 6.07 Å². The van der Waals surface area contributed by atoms with Crippen molar-refractivity contribution in [2.75, 3.05) is 11.1 Å². The van der Waals surface area contributed by atoms with Gasteiger partial charge in [0.05, 0.1) is 17.6 Å². The maximum Gasteiger partial charge on any atom is 0.391 e. The summed E-state index contributed by atoms with van der Waals surface area (Å²) in [5.74, 6) is -0.720. The highest BCUT2D eigenvalue weighted by atomic mass is 19.4. The zero-order valence-electron chi connectivity index (χ0n) is 10.6. The Morgan fingerprint density at radius 2 is 2.10 bits per heavy atom. The van der Waals surface area contributed by atoms with Crippen molar-refractivity contribution in [3.8, 4) is 0 Å². The number of hydrogen-bond acceptors (Lipinski definition) is 3. The third-order valence-corrected chi connectivity index (χ3v) is 2.80. The molecule has 3 nitrogen and oxygen atoms in total. The molecule has 1 atom stereocenters. The topological polar surface area (TPSA) is 50.9 Å². The summed E-state index contributed by atoms with van der Waals surface area (Å²) in [6.07, 6.45) is -3.95. The molecule has 0 amide bonds. The number of anilines is 2. The molecule has 1 heterocycles. The van der Waals surface area contributed by atoms with Gasteiger partial charge in [-0.2, -0.15) is 13.2 Å². The largest absolute Gasteiger partial charge is 0.398 e. The van der Waals surface area contributed by atoms with Crippen molar-refractivity contribution in [3.63, 3.8) is 0 Å². The number of aromatic nitrogens is 1. The summed E-state index contributed by atoms with van der Waals surface area (Å²) in [6, 6.07) is 3.36. The molecule has 2 rings (SSSR count). The van der Waals surface area contributed by atoms with Crippen molar-refractivity contribution >= 4 is 22.3 Å². The molecule has 0 aliphatic carbocycles. The first-order valence-electron chi connectivity index (χ1n) is 5.94. The average molecular weight is 287 g/mol. The van der Waals surface area contributed by atoms with Crippen LogP contribution in [-0.4, -0.2) is 17.2 Å². The lowest BCUT2D eigenvalue weighted by atomic mass is 10.1. The van der Waals surface area contributed by atoms with E-state index >= 15 is 0 Å². The number of halogens is 4. The maximum atomic E-state index is 13.9. The van der Waals surface area contributed by atoms with Crippen molar-refractivity contribution < 1.29 is 17.6 Å². The quantitative estimate of drug-likeness (QED) is 0.668. The van der Waals surface area contributed by atoms with Crippen LogP contribution >= 0.6 is 0 Å². The van der Waals surface area contributed by atoms with Crippen LogP contribution in [-0.2, 0) is 0 Å². The van der Waals surface area contributed by atoms with Gasteiger partial charge in [-0.25, -0.2) is 4.39 Å². The second-order valence-corrected chi connectivity index (χ2v) is 4.59. The van der Waals surface area contributed by atoms with Crippen LogP contribution in [0, 0.1) is 5.82 Å². The van der Waals surface area contributed by atoms with E-state index in [1.165, 1.54) is 13.1 Å². The van der Waals surface area contributed by atoms with E-state index in [2.05, 4.69) is 10.3 Å². The number of nitrogen functional groups attached to an aromatic ring is 1. The van der Waals surface area contributed by atoms with Crippen LogP contribution < -0.4 is 11.1 Å². The minimum atomic E-state index is -4.32. The second-order valence-electron chi connectivity index (χ2n) is 4.59. The Bertz CT molecular complexity index is 625. The fraction of sp³-hybridized carbons (Fsp3) is 0.308. The predicted octanol–water partition coefficient (Wildman–Crippen LogP) is 3.71. The SMILES string of the molecule is CC(CC(F)(F)F)Nc1c(F)cc(N)c2cccnc12. The molecule has 20 heavy (non-hydrogen) atoms. The van der Waals surface area contributed by atoms with E-state index in [-0.39, 0.29) is 16.9 Å². The normalized spacial score (nSPS) is 13.4. The van der Waals surface area contributed by atoms with Gasteiger partial charge in [-0.15, -0.1) is 0 Å². The maximum absolute atomic E-state index is 13.9. The molecule has 0 bridgehead atoms. The summed E-state index contributed by atoms with van der Waals surface area (Å²) in [6.45, 7) is 1.33. The average Bonchev–Trinajstić information content (AvgIpc) is 2.32. The third kappa shape index (κ3) is 3.09. The number of rotatable bonds is 3. The number of nitrogens with one attached hydrogen (secondary N) is 1. The van der Waals surface area contributed by atoms with E-state index < -0.39 is 24.5 Å². The van der Waals surface area contributed by atoms with Crippen molar-refractivity contribution in [1.29, 1.82) is 0 Å². The Labute approximate surface area is 112 Å². The Kier molecular flexibility index (Phi) is 3.69. The Balaban J connectivity index is 2.39. The zero-order valence-corrected chi connectivity index (χ0v) is 10.6. The molecule has 0 spiro atoms. The number of nitrogens with two attached hydrogens (primary N) is 1. The monoisotopic (exact) mass is 287 g/mol. The van der Waals surface area contributed by atoms with Crippen LogP contribution in [0.3, 0.4) is 0 Å². The van der Waals surface area contributed by atoms with Crippen LogP contribution in [0.15, 0.2) is 24.4 Å². The van der Waals surface area contributed by atoms with Crippen LogP contribution in [0.5, 0.6) is 0 Å². The zero-order chi connectivity index (χ0) is 14.9. The lowest BCUT2D eigenvalue weighted by molar-refractivity contribution is -0.136. The molecule has 2 aromatic rings. The fourth-order valence-electron chi connectivity index (χ4n) is 2.02. The third-order valence-electron chi connectivity index (χ3n) is 2.80. The summed E-state index contributed by atoms with van der Waals surface area (Å²) in [7, 11) is 0. The van der Waals surface area contributed by atoms with Gasteiger partial charge in [0.25, 0.3) is 0 Å². The van der Waals surface area contributed by atoms with E-state index in [9.17, 15) is 17.6 Å². The summed E-state index contributed by atoms with van der Waals surface area (Å²) in [5, 5.41) is 3.02. The summed E-state index contributed by atoms with van der Waals surface area (Å²) in [4.78, 5) is 3.99. The van der Waals surface area contributed by atoms with Gasteiger partial charge in [-0.05, 0) is 25.1 Å². The molecular formula is C13H13F4N3. The van der Waals surface area contributed by atoms with Gasteiger partial charge in [0, 0.05) is 23.3 Å². The predicted molar refractivity (Wildman–Crippen MR) is 69.9 cm³/mol. The highest BCUT2D eigenvalue weighted by Gasteiger charge is 2.30. The molecule has 1 aromatic carbocycles. The lowest BCUT2D eigenvalue weighted by Crippen LogP contribution is -2.24. The highest BCUT2D eigenvalue weighted by Crippen LogP contribution is 2.31. The molecular weight excluding hydrogens is 274 g/mol. The van der Waals surface area contributed by atoms with Crippen molar-refractivity contribution in [3.05, 3.63) is 30.2 Å². The van der Waals surface area contributed by atoms with Gasteiger partial charge < -0.3 is 11.1 Å². The summed E-state index contributed by atoms with van der Waals surface area (Å²) < 4.78 is 50.9. The summed E-state index contributed by atoms with van der Waals surface area (Å²) >= 11 is 0. The first-order valence-corrected chi connectivity index (χ1v) is 5.94. The molecule has 0 saturated carbocycles. The Morgan fingerprint density at radius 1 is 1.40 bits per heavy atom. The van der Waals surface area contributed by atoms with Gasteiger partial charge in [-0.1, -0.05) is 0 Å². The van der Waals surface area contributed by atoms with Crippen LogP contribution in [0.1, 0.15) is 13.3 Å². The number of hydrogen-bond donors (Lipinski definition) is 2. The first kappa shape index (κ1) is 14.4. The highest BCUT2D eigenvalue weighted by molar-refractivity contribution is 5.98. The van der Waals surface area contributed by atoms with Crippen LogP contribution in [0.25, 0.3) is 10.9 Å². The number of pyridine rings is 1. The number of nitrogens with zero attached hydrogens (tertiary/aromatic N) is 1. The molecule has 0 aliphatic rings. The molecule has 1 unspecified atom stereocenters. The van der Waals surface area contributed by atoms with Gasteiger partial charge in [0.2, 0.25) is 0 Å². The van der Waals surface area contributed by atoms with Crippen molar-refractivity contribution in [1.82, 2.24) is 4.98 Å². The fourth-order valence-corrected chi connectivity index (χ4v) is 2.02. The molecule has 0 radical (unpaired) electrons. The Morgan fingerprint density at radius 3 is 2.75 bits per heavy atom. The molecule has 108 valence electrons. The molecule has 0 saturated heterocycles. The van der Waals surface area contributed by atoms with Gasteiger partial charge in [0.15, 0.2) is 5.82 Å². The van der Waals surface area contributed by atoms with Crippen LogP contribution in [0.2, 0.25) is 0 Å². The minimum Gasteiger partial charge on any atom is -0.398 e. The molecule has 7 heteroatoms. The molecule has 0 fully saturated rings. The number of alkyl halides is 3. The van der Waals surface area contributed by atoms with Crippen LogP contribution in [0.4, 0.5) is 28.9 Å². The summed E-state index contributed by atoms with van der Waals surface area (Å²) in [5.41, 5.74) is 6.02. The smallest absolute Gasteiger partial charge is 0.391 e. The Hall–Kier alpha value is -2.05. The van der Waals surface area contributed by atoms with Crippen molar-refractivity contribution in [2.45, 2.75) is 25.6 Å². The number of benzene rings is 1. The van der Waals surface area contributed by atoms with Gasteiger partial charge in [-0.3, -0.25) is 4.98 Å². The first-order chi connectivity index (χ1) is 9.28. The van der Waals surface area contributed by atoms with Gasteiger partial charge >= 0.3 is 6.18 Å². The molecule has 3 N–H and O–H groups in total. The minimum absolute atomic E-state index is 0.0634. The second kappa shape index (κ2) is 5.15. The van der Waals surface area contributed by atoms with E-state index in [1.807, 2.05) is 0 Å². The van der Waals surface area contributed by atoms with E-state index in [1.54, 1.807) is 12.1 Å². The van der Waals surface area contributed by atoms with E-state index in [0.29, 0.717) is 5.39 Å². The van der Waals surface area contributed by atoms with Gasteiger partial charge in [0.1, 0.15) is 0 Å². The van der Waals surface area contributed by atoms with Crippen molar-refractivity contribution in [2.24, 2.45) is 0 Å². The molecule has 0 aliphatic heterocycles. The lowest BCUT2D eigenvalue weighted by Gasteiger charge is -2.19.